The maximum absolute atomic E-state index is 13.3. The van der Waals surface area contributed by atoms with Crippen molar-refractivity contribution in [2.24, 2.45) is 0 Å². The van der Waals surface area contributed by atoms with Crippen LogP contribution < -0.4 is 0 Å². The molecule has 2 fully saturated rings. The number of unbranched alkanes of at least 4 members (excludes halogenated alkanes) is 24. The first kappa shape index (κ1) is 56.6. The molecule has 0 spiro atoms. The van der Waals surface area contributed by atoms with Gasteiger partial charge in [-0.1, -0.05) is 155 Å². The fourth-order valence-electron chi connectivity index (χ4n) is 7.99. The van der Waals surface area contributed by atoms with Crippen molar-refractivity contribution in [2.45, 2.75) is 248 Å². The van der Waals surface area contributed by atoms with E-state index >= 15 is 0 Å². The van der Waals surface area contributed by atoms with Crippen LogP contribution in [0.4, 0.5) is 0 Å². The molecule has 7 N–H and O–H groups in total. The van der Waals surface area contributed by atoms with Gasteiger partial charge in [-0.15, -0.1) is 0 Å². The highest BCUT2D eigenvalue weighted by Crippen LogP contribution is 2.33. The van der Waals surface area contributed by atoms with Crippen molar-refractivity contribution >= 4 is 22.3 Å². The molecule has 0 aromatic carbocycles. The molecule has 0 amide bonds. The van der Waals surface area contributed by atoms with Gasteiger partial charge in [0.1, 0.15) is 30.5 Å². The summed E-state index contributed by atoms with van der Waals surface area (Å²) in [7, 11) is -5.29. The summed E-state index contributed by atoms with van der Waals surface area (Å²) in [6, 6.07) is 0. The van der Waals surface area contributed by atoms with Gasteiger partial charge >= 0.3 is 22.3 Å². The molecule has 2 rings (SSSR count). The smallest absolute Gasteiger partial charge is 0.397 e. The third kappa shape index (κ3) is 23.6. The zero-order chi connectivity index (χ0) is 45.6. The summed E-state index contributed by atoms with van der Waals surface area (Å²) in [6.45, 7) is 0.772. The van der Waals surface area contributed by atoms with Crippen LogP contribution in [0.15, 0.2) is 0 Å². The van der Waals surface area contributed by atoms with Crippen molar-refractivity contribution in [1.82, 2.24) is 0 Å². The van der Waals surface area contributed by atoms with Gasteiger partial charge < -0.3 is 54.3 Å². The minimum atomic E-state index is -5.29. The van der Waals surface area contributed by atoms with Gasteiger partial charge in [-0.05, 0) is 19.3 Å². The number of hydrogen-bond acceptors (Lipinski definition) is 16. The van der Waals surface area contributed by atoms with Crippen LogP contribution in [0.1, 0.15) is 187 Å². The number of aliphatic hydroxyl groups is 6. The molecule has 2 heterocycles. The number of hydrogen-bond donors (Lipinski definition) is 7. The van der Waals surface area contributed by atoms with Crippen molar-refractivity contribution in [3.8, 4) is 0 Å². The van der Waals surface area contributed by atoms with E-state index in [-0.39, 0.29) is 19.4 Å². The predicted octanol–water partition coefficient (Wildman–Crippen LogP) is 5.47. The number of esters is 2. The second-order valence-electron chi connectivity index (χ2n) is 17.0. The molecule has 17 nitrogen and oxygen atoms in total. The molecule has 0 aromatic heterocycles. The fraction of sp³-hybridized carbons (Fsp3) is 0.955. The van der Waals surface area contributed by atoms with Crippen LogP contribution in [0.5, 0.6) is 0 Å². The summed E-state index contributed by atoms with van der Waals surface area (Å²) in [4.78, 5) is 26.5. The average molecular weight is 915 g/mol. The Bertz CT molecular complexity index is 1260. The summed E-state index contributed by atoms with van der Waals surface area (Å²) in [5, 5.41) is 61.1. The van der Waals surface area contributed by atoms with E-state index in [0.29, 0.717) is 12.8 Å². The van der Waals surface area contributed by atoms with E-state index in [9.17, 15) is 48.1 Å². The summed E-state index contributed by atoms with van der Waals surface area (Å²) in [5.74, 6) is -1.47. The lowest BCUT2D eigenvalue weighted by Crippen LogP contribution is -2.65. The van der Waals surface area contributed by atoms with E-state index in [1.165, 1.54) is 77.0 Å². The number of aliphatic hydroxyl groups excluding tert-OH is 6. The van der Waals surface area contributed by atoms with Gasteiger partial charge in [0, 0.05) is 19.4 Å². The molecule has 366 valence electrons. The van der Waals surface area contributed by atoms with Gasteiger partial charge in [-0.3, -0.25) is 14.1 Å². The molecule has 0 aromatic rings. The minimum Gasteiger partial charge on any atom is -0.455 e. The van der Waals surface area contributed by atoms with Gasteiger partial charge in [0.05, 0.1) is 13.2 Å². The standard InChI is InChI=1S/C44H82O17S/c1-2-3-4-5-6-7-8-10-13-17-20-23-26-29-36(49)59-42-40(58-35(48)28-25-22-19-16-14-11-9-12-15-18-21-24-27-30-45)38(51)34(32-47)57-44(42)60-43-41(61-62(53,54)55)39(52)37(50)33(31-46)56-43/h33-34,37-47,50-52H,2-32H2,1H3,(H,53,54,55)/t33-,34-,37-,38-,39+,40+,41-,42-,43-,44-/m1/s1. The predicted molar refractivity (Wildman–Crippen MR) is 229 cm³/mol. The Morgan fingerprint density at radius 1 is 0.484 bits per heavy atom. The van der Waals surface area contributed by atoms with Crippen molar-refractivity contribution < 1.29 is 81.1 Å². The second-order valence-corrected chi connectivity index (χ2v) is 18.1. The maximum atomic E-state index is 13.3. The van der Waals surface area contributed by atoms with Crippen LogP contribution in [-0.2, 0) is 47.9 Å². The van der Waals surface area contributed by atoms with E-state index in [0.717, 1.165) is 77.0 Å². The molecule has 0 saturated carbocycles. The van der Waals surface area contributed by atoms with E-state index < -0.39 is 97.0 Å². The highest BCUT2D eigenvalue weighted by atomic mass is 32.3. The normalized spacial score (nSPS) is 26.7. The third-order valence-corrected chi connectivity index (χ3v) is 12.1. The highest BCUT2D eigenvalue weighted by molar-refractivity contribution is 7.80. The molecule has 0 unspecified atom stereocenters. The largest absolute Gasteiger partial charge is 0.455 e. The average Bonchev–Trinajstić information content (AvgIpc) is 3.24. The Morgan fingerprint density at radius 3 is 1.23 bits per heavy atom. The molecule has 0 radical (unpaired) electrons. The maximum Gasteiger partial charge on any atom is 0.397 e. The van der Waals surface area contributed by atoms with Crippen molar-refractivity contribution in [2.75, 3.05) is 19.8 Å². The second kappa shape index (κ2) is 33.9. The fourth-order valence-corrected chi connectivity index (χ4v) is 8.47. The molecular weight excluding hydrogens is 833 g/mol. The zero-order valence-corrected chi connectivity index (χ0v) is 38.1. The van der Waals surface area contributed by atoms with Crippen molar-refractivity contribution in [1.29, 1.82) is 0 Å². The molecule has 2 saturated heterocycles. The summed E-state index contributed by atoms with van der Waals surface area (Å²) >= 11 is 0. The lowest BCUT2D eigenvalue weighted by molar-refractivity contribution is -0.374. The summed E-state index contributed by atoms with van der Waals surface area (Å²) in [6.07, 6.45) is 9.45. The highest BCUT2D eigenvalue weighted by Gasteiger charge is 2.54. The van der Waals surface area contributed by atoms with Crippen LogP contribution in [0.3, 0.4) is 0 Å². The molecular formula is C44H82O17S. The number of rotatable bonds is 37. The number of carbonyl (C=O) groups excluding carboxylic acids is 2. The molecule has 0 bridgehead atoms. The van der Waals surface area contributed by atoms with E-state index in [1.54, 1.807) is 0 Å². The van der Waals surface area contributed by atoms with E-state index in [2.05, 4.69) is 11.1 Å². The summed E-state index contributed by atoms with van der Waals surface area (Å²) in [5.41, 5.74) is 0. The Labute approximate surface area is 370 Å². The van der Waals surface area contributed by atoms with Gasteiger partial charge in [0.25, 0.3) is 0 Å². The van der Waals surface area contributed by atoms with E-state index in [4.69, 9.17) is 28.8 Å². The molecule has 62 heavy (non-hydrogen) atoms. The number of ether oxygens (including phenoxy) is 5. The van der Waals surface area contributed by atoms with Crippen molar-refractivity contribution in [3.63, 3.8) is 0 Å². The van der Waals surface area contributed by atoms with Crippen LogP contribution >= 0.6 is 0 Å². The third-order valence-electron chi connectivity index (χ3n) is 11.7. The molecule has 2 aliphatic rings. The monoisotopic (exact) mass is 915 g/mol. The van der Waals surface area contributed by atoms with Gasteiger partial charge in [0.15, 0.2) is 24.6 Å². The van der Waals surface area contributed by atoms with Crippen LogP contribution in [0.2, 0.25) is 0 Å². The van der Waals surface area contributed by atoms with Crippen LogP contribution in [0, 0.1) is 0 Å². The Hall–Kier alpha value is -1.55. The van der Waals surface area contributed by atoms with Gasteiger partial charge in [-0.25, -0.2) is 4.18 Å². The SMILES string of the molecule is CCCCCCCCCCCCCCCC(=O)O[C@H]1[C@@H](O[C@H]2O[C@H](CO)[C@@H](O)[C@H](O)[C@H]2OS(=O)(=O)O)O[C@H](CO)[C@@H](O)[C@@H]1OC(=O)CCCCCCCCCCCCCCCO. The summed E-state index contributed by atoms with van der Waals surface area (Å²) < 4.78 is 66.0. The first-order valence-corrected chi connectivity index (χ1v) is 25.1. The van der Waals surface area contributed by atoms with Gasteiger partial charge in [-0.2, -0.15) is 8.42 Å². The first-order valence-electron chi connectivity index (χ1n) is 23.7. The lowest BCUT2D eigenvalue weighted by Gasteiger charge is -2.46. The zero-order valence-electron chi connectivity index (χ0n) is 37.3. The molecule has 0 aliphatic carbocycles. The Balaban J connectivity index is 2.03. The first-order chi connectivity index (χ1) is 29.9. The van der Waals surface area contributed by atoms with Crippen LogP contribution in [-0.4, -0.2) is 137 Å². The Morgan fingerprint density at radius 2 is 0.839 bits per heavy atom. The topological polar surface area (TPSA) is 265 Å². The Kier molecular flexibility index (Phi) is 30.9. The molecule has 18 heteroatoms. The molecule has 2 aliphatic heterocycles. The van der Waals surface area contributed by atoms with E-state index in [1.807, 2.05) is 0 Å². The number of carbonyl (C=O) groups is 2. The van der Waals surface area contributed by atoms with Crippen LogP contribution in [0.25, 0.3) is 0 Å². The quantitative estimate of drug-likeness (QED) is 0.0232. The molecule has 10 atom stereocenters. The minimum absolute atomic E-state index is 0.0203. The van der Waals surface area contributed by atoms with Gasteiger partial charge in [0.2, 0.25) is 6.29 Å². The lowest BCUT2D eigenvalue weighted by atomic mass is 9.97. The van der Waals surface area contributed by atoms with Crippen molar-refractivity contribution in [3.05, 3.63) is 0 Å².